The molecule has 2 aromatic carbocycles. The Morgan fingerprint density at radius 2 is 1.95 bits per heavy atom. The molecule has 0 bridgehead atoms. The number of aryl methyl sites for hydroxylation is 1. The van der Waals surface area contributed by atoms with E-state index in [1.165, 1.54) is 0 Å². The van der Waals surface area contributed by atoms with Crippen LogP contribution in [0.25, 0.3) is 0 Å². The van der Waals surface area contributed by atoms with Crippen LogP contribution in [0.15, 0.2) is 36.4 Å². The molecule has 112 valence electrons. The SMILES string of the molecule is CCN(Cc1ccc(N)cc1OC)c1cc(O)ccc1C. The highest BCUT2D eigenvalue weighted by atomic mass is 16.5. The molecule has 0 atom stereocenters. The van der Waals surface area contributed by atoms with E-state index in [1.54, 1.807) is 19.2 Å². The molecule has 2 rings (SSSR count). The maximum atomic E-state index is 9.72. The lowest BCUT2D eigenvalue weighted by Crippen LogP contribution is -2.23. The highest BCUT2D eigenvalue weighted by Gasteiger charge is 2.12. The molecule has 0 aromatic heterocycles. The molecular formula is C17H22N2O2. The molecule has 4 heteroatoms. The van der Waals surface area contributed by atoms with Crippen LogP contribution in [-0.4, -0.2) is 18.8 Å². The third-order valence-electron chi connectivity index (χ3n) is 3.59. The number of nitrogens with zero attached hydrogens (tertiary/aromatic N) is 1. The van der Waals surface area contributed by atoms with Crippen molar-refractivity contribution in [1.29, 1.82) is 0 Å². The Morgan fingerprint density at radius 3 is 2.62 bits per heavy atom. The number of nitrogen functional groups attached to an aromatic ring is 1. The van der Waals surface area contributed by atoms with Crippen LogP contribution >= 0.6 is 0 Å². The first-order chi connectivity index (χ1) is 10.0. The summed E-state index contributed by atoms with van der Waals surface area (Å²) in [6.45, 7) is 5.66. The number of aromatic hydroxyl groups is 1. The maximum absolute atomic E-state index is 9.72. The first-order valence-corrected chi connectivity index (χ1v) is 7.02. The minimum Gasteiger partial charge on any atom is -0.508 e. The first kappa shape index (κ1) is 15.0. The molecule has 0 aliphatic heterocycles. The predicted octanol–water partition coefficient (Wildman–Crippen LogP) is 3.32. The van der Waals surface area contributed by atoms with Crippen molar-refractivity contribution >= 4 is 11.4 Å². The van der Waals surface area contributed by atoms with Gasteiger partial charge in [0.15, 0.2) is 0 Å². The van der Waals surface area contributed by atoms with Crippen LogP contribution in [-0.2, 0) is 6.54 Å². The fraction of sp³-hybridized carbons (Fsp3) is 0.294. The summed E-state index contributed by atoms with van der Waals surface area (Å²) in [5, 5.41) is 9.72. The van der Waals surface area contributed by atoms with Gasteiger partial charge in [-0.1, -0.05) is 12.1 Å². The molecule has 4 nitrogen and oxygen atoms in total. The molecule has 0 amide bonds. The summed E-state index contributed by atoms with van der Waals surface area (Å²) in [6, 6.07) is 11.1. The van der Waals surface area contributed by atoms with Crippen LogP contribution in [0, 0.1) is 6.92 Å². The van der Waals surface area contributed by atoms with E-state index in [9.17, 15) is 5.11 Å². The van der Waals surface area contributed by atoms with Crippen LogP contribution < -0.4 is 15.4 Å². The summed E-state index contributed by atoms with van der Waals surface area (Å²) < 4.78 is 5.41. The van der Waals surface area contributed by atoms with Gasteiger partial charge in [0.05, 0.1) is 7.11 Å². The van der Waals surface area contributed by atoms with E-state index in [2.05, 4.69) is 11.8 Å². The molecule has 2 aromatic rings. The molecule has 0 radical (unpaired) electrons. The highest BCUT2D eigenvalue weighted by molar-refractivity contribution is 5.58. The van der Waals surface area contributed by atoms with Gasteiger partial charge in [-0.25, -0.2) is 0 Å². The second-order valence-corrected chi connectivity index (χ2v) is 5.06. The average molecular weight is 286 g/mol. The molecule has 0 saturated carbocycles. The van der Waals surface area contributed by atoms with Gasteiger partial charge in [0.2, 0.25) is 0 Å². The van der Waals surface area contributed by atoms with E-state index in [1.807, 2.05) is 31.2 Å². The number of phenols is 1. The number of nitrogens with two attached hydrogens (primary N) is 1. The summed E-state index contributed by atoms with van der Waals surface area (Å²) in [6.07, 6.45) is 0. The van der Waals surface area contributed by atoms with E-state index in [0.717, 1.165) is 29.1 Å². The van der Waals surface area contributed by atoms with E-state index < -0.39 is 0 Å². The number of rotatable bonds is 5. The van der Waals surface area contributed by atoms with Gasteiger partial charge < -0.3 is 20.5 Å². The number of methoxy groups -OCH3 is 1. The fourth-order valence-electron chi connectivity index (χ4n) is 2.40. The Hall–Kier alpha value is -2.36. The Bertz CT molecular complexity index is 626. The molecule has 0 aliphatic rings. The van der Waals surface area contributed by atoms with Crippen molar-refractivity contribution in [2.24, 2.45) is 0 Å². The molecule has 0 heterocycles. The summed E-state index contributed by atoms with van der Waals surface area (Å²) in [4.78, 5) is 2.20. The second-order valence-electron chi connectivity index (χ2n) is 5.06. The summed E-state index contributed by atoms with van der Waals surface area (Å²) in [5.74, 6) is 1.06. The molecule has 3 N–H and O–H groups in total. The lowest BCUT2D eigenvalue weighted by atomic mass is 10.1. The van der Waals surface area contributed by atoms with Gasteiger partial charge in [0.25, 0.3) is 0 Å². The quantitative estimate of drug-likeness (QED) is 0.828. The number of benzene rings is 2. The minimum absolute atomic E-state index is 0.276. The summed E-state index contributed by atoms with van der Waals surface area (Å²) in [7, 11) is 1.65. The molecule has 0 saturated heterocycles. The zero-order chi connectivity index (χ0) is 15.4. The van der Waals surface area contributed by atoms with Crippen LogP contribution in [0.4, 0.5) is 11.4 Å². The van der Waals surface area contributed by atoms with Gasteiger partial charge in [-0.05, 0) is 31.5 Å². The maximum Gasteiger partial charge on any atom is 0.125 e. The Kier molecular flexibility index (Phi) is 4.58. The van der Waals surface area contributed by atoms with Gasteiger partial charge >= 0.3 is 0 Å². The van der Waals surface area contributed by atoms with Crippen LogP contribution in [0.3, 0.4) is 0 Å². The summed E-state index contributed by atoms with van der Waals surface area (Å²) >= 11 is 0. The molecular weight excluding hydrogens is 264 g/mol. The second kappa shape index (κ2) is 6.39. The van der Waals surface area contributed by atoms with E-state index in [0.29, 0.717) is 12.2 Å². The van der Waals surface area contributed by atoms with Crippen LogP contribution in [0.2, 0.25) is 0 Å². The number of ether oxygens (including phenoxy) is 1. The number of hydrogen-bond donors (Lipinski definition) is 2. The number of anilines is 2. The zero-order valence-electron chi connectivity index (χ0n) is 12.8. The van der Waals surface area contributed by atoms with Gasteiger partial charge in [0.1, 0.15) is 11.5 Å². The van der Waals surface area contributed by atoms with E-state index in [4.69, 9.17) is 10.5 Å². The molecule has 0 spiro atoms. The smallest absolute Gasteiger partial charge is 0.125 e. The van der Waals surface area contributed by atoms with Crippen LogP contribution in [0.5, 0.6) is 11.5 Å². The molecule has 21 heavy (non-hydrogen) atoms. The van der Waals surface area contributed by atoms with E-state index >= 15 is 0 Å². The van der Waals surface area contributed by atoms with Crippen molar-refractivity contribution in [2.45, 2.75) is 20.4 Å². The van der Waals surface area contributed by atoms with Crippen molar-refractivity contribution in [1.82, 2.24) is 0 Å². The topological polar surface area (TPSA) is 58.7 Å². The predicted molar refractivity (Wildman–Crippen MR) is 87.0 cm³/mol. The van der Waals surface area contributed by atoms with Crippen molar-refractivity contribution in [3.63, 3.8) is 0 Å². The zero-order valence-corrected chi connectivity index (χ0v) is 12.8. The van der Waals surface area contributed by atoms with E-state index in [-0.39, 0.29) is 5.75 Å². The molecule has 0 aliphatic carbocycles. The fourth-order valence-corrected chi connectivity index (χ4v) is 2.40. The van der Waals surface area contributed by atoms with Gasteiger partial charge in [0, 0.05) is 42.2 Å². The van der Waals surface area contributed by atoms with Gasteiger partial charge in [-0.15, -0.1) is 0 Å². The Labute approximate surface area is 125 Å². The lowest BCUT2D eigenvalue weighted by molar-refractivity contribution is 0.409. The standard InChI is InChI=1S/C17H22N2O2/c1-4-19(16-10-15(20)8-5-12(16)2)11-13-6-7-14(18)9-17(13)21-3/h5-10,20H,4,11,18H2,1-3H3. The normalized spacial score (nSPS) is 10.4. The van der Waals surface area contributed by atoms with Crippen molar-refractivity contribution in [3.8, 4) is 11.5 Å². The van der Waals surface area contributed by atoms with Crippen molar-refractivity contribution < 1.29 is 9.84 Å². The number of hydrogen-bond acceptors (Lipinski definition) is 4. The largest absolute Gasteiger partial charge is 0.508 e. The third kappa shape index (κ3) is 3.40. The average Bonchev–Trinajstić information content (AvgIpc) is 2.48. The molecule has 0 fully saturated rings. The van der Waals surface area contributed by atoms with Crippen molar-refractivity contribution in [2.75, 3.05) is 24.3 Å². The number of phenolic OH excluding ortho intramolecular Hbond substituents is 1. The minimum atomic E-state index is 0.276. The van der Waals surface area contributed by atoms with Gasteiger partial charge in [-0.2, -0.15) is 0 Å². The lowest BCUT2D eigenvalue weighted by Gasteiger charge is -2.26. The summed E-state index contributed by atoms with van der Waals surface area (Å²) in [5.41, 5.74) is 9.70. The Morgan fingerprint density at radius 1 is 1.19 bits per heavy atom. The highest BCUT2D eigenvalue weighted by Crippen LogP contribution is 2.29. The van der Waals surface area contributed by atoms with Crippen molar-refractivity contribution in [3.05, 3.63) is 47.5 Å². The third-order valence-corrected chi connectivity index (χ3v) is 3.59. The van der Waals surface area contributed by atoms with Gasteiger partial charge in [-0.3, -0.25) is 0 Å². The molecule has 0 unspecified atom stereocenters. The monoisotopic (exact) mass is 286 g/mol. The van der Waals surface area contributed by atoms with Crippen LogP contribution in [0.1, 0.15) is 18.1 Å². The first-order valence-electron chi connectivity index (χ1n) is 7.02. The Balaban J connectivity index is 2.33.